The maximum atomic E-state index is 10.7. The lowest BCUT2D eigenvalue weighted by molar-refractivity contribution is -0.136. The van der Waals surface area contributed by atoms with E-state index >= 15 is 0 Å². The number of aromatic nitrogens is 2. The molecule has 15 heavy (non-hydrogen) atoms. The Morgan fingerprint density at radius 3 is 3.13 bits per heavy atom. The van der Waals surface area contributed by atoms with Gasteiger partial charge in [0.1, 0.15) is 5.25 Å². The Balaban J connectivity index is 2.24. The molecule has 0 aliphatic heterocycles. The number of aliphatic carboxylic acids is 1. The Morgan fingerprint density at radius 1 is 1.60 bits per heavy atom. The van der Waals surface area contributed by atoms with Crippen LogP contribution in [0.4, 0.5) is 0 Å². The number of benzene rings is 1. The lowest BCUT2D eigenvalue weighted by Crippen LogP contribution is -2.10. The van der Waals surface area contributed by atoms with Crippen molar-refractivity contribution in [2.45, 2.75) is 17.1 Å². The van der Waals surface area contributed by atoms with E-state index in [9.17, 15) is 4.79 Å². The first-order chi connectivity index (χ1) is 7.16. The highest BCUT2D eigenvalue weighted by atomic mass is 32.2. The Morgan fingerprint density at radius 2 is 2.40 bits per heavy atom. The van der Waals surface area contributed by atoms with Crippen LogP contribution in [0.3, 0.4) is 0 Å². The minimum Gasteiger partial charge on any atom is -0.480 e. The smallest absolute Gasteiger partial charge is 0.316 e. The van der Waals surface area contributed by atoms with E-state index in [2.05, 4.69) is 9.97 Å². The molecule has 0 aliphatic rings. The number of hydrogen-bond acceptors (Lipinski definition) is 3. The molecule has 2 N–H and O–H groups in total. The topological polar surface area (TPSA) is 66.0 Å². The van der Waals surface area contributed by atoms with Gasteiger partial charge in [-0.25, -0.2) is 4.98 Å². The number of fused-ring (bicyclic) bond motifs is 1. The average Bonchev–Trinajstić information content (AvgIpc) is 2.64. The van der Waals surface area contributed by atoms with E-state index in [0.717, 1.165) is 15.9 Å². The van der Waals surface area contributed by atoms with Crippen molar-refractivity contribution in [3.05, 3.63) is 24.5 Å². The molecule has 4 nitrogen and oxygen atoms in total. The van der Waals surface area contributed by atoms with Crippen LogP contribution >= 0.6 is 11.8 Å². The fourth-order valence-electron chi connectivity index (χ4n) is 1.24. The van der Waals surface area contributed by atoms with E-state index in [4.69, 9.17) is 5.11 Å². The molecule has 5 heteroatoms. The minimum absolute atomic E-state index is 0.439. The molecule has 0 radical (unpaired) electrons. The van der Waals surface area contributed by atoms with E-state index in [1.807, 2.05) is 18.2 Å². The number of H-pyrrole nitrogens is 1. The van der Waals surface area contributed by atoms with E-state index in [0.29, 0.717) is 0 Å². The standard InChI is InChI=1S/C10H10N2O2S/c1-6(10(13)14)15-7-2-3-8-9(4-7)12-5-11-8/h2-6H,1H3,(H,11,12)(H,13,14). The molecule has 0 fully saturated rings. The Kier molecular flexibility index (Phi) is 2.64. The number of rotatable bonds is 3. The zero-order valence-corrected chi connectivity index (χ0v) is 8.91. The SMILES string of the molecule is CC(Sc1ccc2nc[nH]c2c1)C(=O)O. The van der Waals surface area contributed by atoms with Gasteiger partial charge in [0, 0.05) is 4.90 Å². The number of carbonyl (C=O) groups is 1. The molecule has 2 rings (SSSR count). The number of thioether (sulfide) groups is 1. The van der Waals surface area contributed by atoms with Crippen LogP contribution in [0.15, 0.2) is 29.4 Å². The number of carboxylic acids is 1. The molecule has 1 aromatic heterocycles. The van der Waals surface area contributed by atoms with E-state index < -0.39 is 11.2 Å². The number of aromatic amines is 1. The van der Waals surface area contributed by atoms with Crippen molar-refractivity contribution >= 4 is 28.8 Å². The second-order valence-electron chi connectivity index (χ2n) is 3.18. The van der Waals surface area contributed by atoms with Crippen LogP contribution < -0.4 is 0 Å². The molecule has 0 amide bonds. The van der Waals surface area contributed by atoms with Gasteiger partial charge in [0.25, 0.3) is 0 Å². The highest BCUT2D eigenvalue weighted by molar-refractivity contribution is 8.00. The largest absolute Gasteiger partial charge is 0.480 e. The van der Waals surface area contributed by atoms with Crippen molar-refractivity contribution in [2.75, 3.05) is 0 Å². The van der Waals surface area contributed by atoms with Gasteiger partial charge < -0.3 is 10.1 Å². The van der Waals surface area contributed by atoms with Gasteiger partial charge in [-0.2, -0.15) is 0 Å². The third-order valence-corrected chi connectivity index (χ3v) is 3.13. The van der Waals surface area contributed by atoms with Gasteiger partial charge in [-0.05, 0) is 25.1 Å². The summed E-state index contributed by atoms with van der Waals surface area (Å²) in [5.41, 5.74) is 1.82. The molecule has 0 saturated heterocycles. The van der Waals surface area contributed by atoms with E-state index in [1.165, 1.54) is 11.8 Å². The predicted octanol–water partition coefficient (Wildman–Crippen LogP) is 2.13. The summed E-state index contributed by atoms with van der Waals surface area (Å²) in [5, 5.41) is 8.34. The van der Waals surface area contributed by atoms with Crippen LogP contribution in [0.25, 0.3) is 11.0 Å². The van der Waals surface area contributed by atoms with Gasteiger partial charge in [0.2, 0.25) is 0 Å². The summed E-state index contributed by atoms with van der Waals surface area (Å²) in [5.74, 6) is -0.801. The minimum atomic E-state index is -0.801. The van der Waals surface area contributed by atoms with Crippen LogP contribution in [0, 0.1) is 0 Å². The maximum absolute atomic E-state index is 10.7. The van der Waals surface area contributed by atoms with Crippen LogP contribution in [0.2, 0.25) is 0 Å². The Hall–Kier alpha value is -1.49. The summed E-state index contributed by atoms with van der Waals surface area (Å²) in [4.78, 5) is 18.7. The summed E-state index contributed by atoms with van der Waals surface area (Å²) in [6.07, 6.45) is 1.62. The van der Waals surface area contributed by atoms with Crippen molar-refractivity contribution in [3.63, 3.8) is 0 Å². The van der Waals surface area contributed by atoms with Gasteiger partial charge >= 0.3 is 5.97 Å². The quantitative estimate of drug-likeness (QED) is 0.781. The van der Waals surface area contributed by atoms with Gasteiger partial charge in [0.15, 0.2) is 0 Å². The normalized spacial score (nSPS) is 12.9. The lowest BCUT2D eigenvalue weighted by Gasteiger charge is -2.05. The van der Waals surface area contributed by atoms with Crippen LogP contribution in [0.1, 0.15) is 6.92 Å². The zero-order chi connectivity index (χ0) is 10.8. The van der Waals surface area contributed by atoms with Gasteiger partial charge in [0.05, 0.1) is 17.4 Å². The average molecular weight is 222 g/mol. The van der Waals surface area contributed by atoms with Crippen LogP contribution in [-0.2, 0) is 4.79 Å². The van der Waals surface area contributed by atoms with Crippen molar-refractivity contribution in [2.24, 2.45) is 0 Å². The van der Waals surface area contributed by atoms with Crippen molar-refractivity contribution in [1.29, 1.82) is 0 Å². The molecule has 1 heterocycles. The van der Waals surface area contributed by atoms with E-state index in [1.54, 1.807) is 13.3 Å². The third-order valence-electron chi connectivity index (χ3n) is 2.05. The van der Waals surface area contributed by atoms with Crippen molar-refractivity contribution in [1.82, 2.24) is 9.97 Å². The van der Waals surface area contributed by atoms with Gasteiger partial charge in [-0.15, -0.1) is 11.8 Å². The molecule has 2 aromatic rings. The summed E-state index contributed by atoms with van der Waals surface area (Å²) < 4.78 is 0. The van der Waals surface area contributed by atoms with Gasteiger partial charge in [-0.1, -0.05) is 0 Å². The summed E-state index contributed by atoms with van der Waals surface area (Å²) in [6.45, 7) is 1.67. The van der Waals surface area contributed by atoms with Crippen LogP contribution in [0.5, 0.6) is 0 Å². The molecule has 78 valence electrons. The third kappa shape index (κ3) is 2.12. The first kappa shape index (κ1) is 10.0. The lowest BCUT2D eigenvalue weighted by atomic mass is 10.3. The fraction of sp³-hybridized carbons (Fsp3) is 0.200. The maximum Gasteiger partial charge on any atom is 0.316 e. The molecule has 1 aromatic carbocycles. The molecular weight excluding hydrogens is 212 g/mol. The fourth-order valence-corrected chi connectivity index (χ4v) is 2.08. The first-order valence-electron chi connectivity index (χ1n) is 4.49. The molecule has 0 aliphatic carbocycles. The van der Waals surface area contributed by atoms with E-state index in [-0.39, 0.29) is 0 Å². The molecular formula is C10H10N2O2S. The Bertz CT molecular complexity index is 495. The summed E-state index contributed by atoms with van der Waals surface area (Å²) in [7, 11) is 0. The summed E-state index contributed by atoms with van der Waals surface area (Å²) >= 11 is 1.32. The second kappa shape index (κ2) is 3.94. The van der Waals surface area contributed by atoms with Crippen LogP contribution in [-0.4, -0.2) is 26.3 Å². The van der Waals surface area contributed by atoms with Crippen molar-refractivity contribution in [3.8, 4) is 0 Å². The number of imidazole rings is 1. The Labute approximate surface area is 90.7 Å². The number of hydrogen-bond donors (Lipinski definition) is 2. The van der Waals surface area contributed by atoms with Gasteiger partial charge in [-0.3, -0.25) is 4.79 Å². The molecule has 0 bridgehead atoms. The number of nitrogens with zero attached hydrogens (tertiary/aromatic N) is 1. The second-order valence-corrected chi connectivity index (χ2v) is 4.59. The molecule has 1 unspecified atom stereocenters. The molecule has 0 saturated carbocycles. The first-order valence-corrected chi connectivity index (χ1v) is 5.37. The molecule has 0 spiro atoms. The predicted molar refractivity (Wildman–Crippen MR) is 59.0 cm³/mol. The highest BCUT2D eigenvalue weighted by Crippen LogP contribution is 2.25. The van der Waals surface area contributed by atoms with Crippen molar-refractivity contribution < 1.29 is 9.90 Å². The summed E-state index contributed by atoms with van der Waals surface area (Å²) in [6, 6.07) is 5.67. The molecule has 1 atom stereocenters. The zero-order valence-electron chi connectivity index (χ0n) is 8.10. The number of carboxylic acid groups (broad SMARTS) is 1. The monoisotopic (exact) mass is 222 g/mol. The number of nitrogens with one attached hydrogen (secondary N) is 1. The highest BCUT2D eigenvalue weighted by Gasteiger charge is 2.12.